The molecule has 7 nitrogen and oxygen atoms in total. The van der Waals surface area contributed by atoms with Crippen LogP contribution in [-0.4, -0.2) is 38.3 Å². The minimum atomic E-state index is -3.58. The van der Waals surface area contributed by atoms with Crippen molar-refractivity contribution in [2.75, 3.05) is 19.7 Å². The maximum Gasteiger partial charge on any atom is 0.257 e. The topological polar surface area (TPSA) is 99.5 Å². The van der Waals surface area contributed by atoms with Gasteiger partial charge in [-0.1, -0.05) is 13.8 Å². The lowest BCUT2D eigenvalue weighted by atomic mass is 9.94. The highest BCUT2D eigenvalue weighted by atomic mass is 32.2. The summed E-state index contributed by atoms with van der Waals surface area (Å²) in [5.41, 5.74) is 0.700. The third kappa shape index (κ3) is 4.15. The largest absolute Gasteiger partial charge is 0.478 e. The van der Waals surface area contributed by atoms with Gasteiger partial charge >= 0.3 is 0 Å². The highest BCUT2D eigenvalue weighted by Gasteiger charge is 2.31. The summed E-state index contributed by atoms with van der Waals surface area (Å²) in [5, 5.41) is 11.6. The van der Waals surface area contributed by atoms with Gasteiger partial charge in [-0.15, -0.1) is 0 Å². The number of benzene rings is 1. The molecule has 1 saturated heterocycles. The average Bonchev–Trinajstić information content (AvgIpc) is 3.08. The number of hydrogen-bond donors (Lipinski definition) is 1. The van der Waals surface area contributed by atoms with Crippen LogP contribution in [0.2, 0.25) is 0 Å². The van der Waals surface area contributed by atoms with Gasteiger partial charge in [0.25, 0.3) is 5.91 Å². The Labute approximate surface area is 159 Å². The van der Waals surface area contributed by atoms with E-state index in [2.05, 4.69) is 19.2 Å². The normalized spacial score (nSPS) is 23.6. The summed E-state index contributed by atoms with van der Waals surface area (Å²) < 4.78 is 32.5. The standard InChI is InChI=1S/C19H23N3O4S/c1-13-9-14(2)12-22(11-13)27(24,25)17-5-3-15(4-6-17)18(23)21-19-16(10-20)7-8-26-19/h3-6,13-14H,7-9,11-12H2,1-2H3,(H,21,23)/t13-,14-/m0/s1. The Morgan fingerprint density at radius 3 is 2.44 bits per heavy atom. The van der Waals surface area contributed by atoms with E-state index in [0.717, 1.165) is 6.42 Å². The second-order valence-electron chi connectivity index (χ2n) is 7.26. The van der Waals surface area contributed by atoms with E-state index < -0.39 is 15.9 Å². The number of nitriles is 1. The lowest BCUT2D eigenvalue weighted by Gasteiger charge is -2.34. The molecule has 2 aliphatic heterocycles. The van der Waals surface area contributed by atoms with Gasteiger partial charge in [0.1, 0.15) is 6.07 Å². The van der Waals surface area contributed by atoms with Crippen LogP contribution in [0.4, 0.5) is 0 Å². The fourth-order valence-electron chi connectivity index (χ4n) is 3.58. The number of carbonyl (C=O) groups excluding carboxylic acids is 1. The molecule has 27 heavy (non-hydrogen) atoms. The molecule has 8 heteroatoms. The number of nitrogens with one attached hydrogen (secondary N) is 1. The van der Waals surface area contributed by atoms with Crippen molar-refractivity contribution < 1.29 is 17.9 Å². The summed E-state index contributed by atoms with van der Waals surface area (Å²) in [6.45, 7) is 5.50. The van der Waals surface area contributed by atoms with E-state index in [-0.39, 0.29) is 10.8 Å². The average molecular weight is 389 g/mol. The highest BCUT2D eigenvalue weighted by molar-refractivity contribution is 7.89. The van der Waals surface area contributed by atoms with E-state index in [4.69, 9.17) is 10.00 Å². The molecule has 1 fully saturated rings. The Kier molecular flexibility index (Phi) is 5.53. The van der Waals surface area contributed by atoms with E-state index in [1.165, 1.54) is 28.6 Å². The zero-order chi connectivity index (χ0) is 19.6. The molecule has 0 spiro atoms. The van der Waals surface area contributed by atoms with Crippen molar-refractivity contribution in [3.63, 3.8) is 0 Å². The molecule has 0 aromatic heterocycles. The second-order valence-corrected chi connectivity index (χ2v) is 9.20. The summed E-state index contributed by atoms with van der Waals surface area (Å²) in [6.07, 6.45) is 1.49. The third-order valence-corrected chi connectivity index (χ3v) is 6.67. The smallest absolute Gasteiger partial charge is 0.257 e. The van der Waals surface area contributed by atoms with Crippen molar-refractivity contribution in [2.45, 2.75) is 31.6 Å². The van der Waals surface area contributed by atoms with Gasteiger partial charge in [-0.25, -0.2) is 8.42 Å². The van der Waals surface area contributed by atoms with Crippen molar-refractivity contribution in [3.05, 3.63) is 41.3 Å². The lowest BCUT2D eigenvalue weighted by molar-refractivity contribution is 0.0930. The number of piperidine rings is 1. The van der Waals surface area contributed by atoms with Gasteiger partial charge in [0.15, 0.2) is 0 Å². The first-order valence-electron chi connectivity index (χ1n) is 8.99. The lowest BCUT2D eigenvalue weighted by Crippen LogP contribution is -2.42. The fraction of sp³-hybridized carbons (Fsp3) is 0.474. The summed E-state index contributed by atoms with van der Waals surface area (Å²) in [7, 11) is -3.58. The van der Waals surface area contributed by atoms with Gasteiger partial charge in [-0.2, -0.15) is 9.57 Å². The van der Waals surface area contributed by atoms with Crippen molar-refractivity contribution in [2.24, 2.45) is 11.8 Å². The Bertz CT molecular complexity index is 890. The first-order valence-corrected chi connectivity index (χ1v) is 10.4. The molecule has 1 N–H and O–H groups in total. The van der Waals surface area contributed by atoms with Gasteiger partial charge in [0, 0.05) is 25.1 Å². The molecule has 1 amide bonds. The maximum absolute atomic E-state index is 12.9. The monoisotopic (exact) mass is 389 g/mol. The van der Waals surface area contributed by atoms with Crippen LogP contribution in [0.5, 0.6) is 0 Å². The van der Waals surface area contributed by atoms with Crippen LogP contribution in [0, 0.1) is 23.2 Å². The number of nitrogens with zero attached hydrogens (tertiary/aromatic N) is 2. The summed E-state index contributed by atoms with van der Waals surface area (Å²) in [4.78, 5) is 12.5. The van der Waals surface area contributed by atoms with Crippen LogP contribution in [0.15, 0.2) is 40.6 Å². The Morgan fingerprint density at radius 2 is 1.85 bits per heavy atom. The molecule has 144 valence electrons. The molecule has 2 atom stereocenters. The summed E-state index contributed by atoms with van der Waals surface area (Å²) in [6, 6.07) is 7.84. The van der Waals surface area contributed by atoms with Crippen LogP contribution >= 0.6 is 0 Å². The Morgan fingerprint density at radius 1 is 1.22 bits per heavy atom. The van der Waals surface area contributed by atoms with E-state index in [1.54, 1.807) is 0 Å². The SMILES string of the molecule is C[C@H]1C[C@H](C)CN(S(=O)(=O)c2ccc(C(=O)NC3=C(C#N)CCO3)cc2)C1. The van der Waals surface area contributed by atoms with E-state index in [1.807, 2.05) is 6.07 Å². The molecule has 2 heterocycles. The molecule has 2 aliphatic rings. The van der Waals surface area contributed by atoms with Crippen LogP contribution in [-0.2, 0) is 14.8 Å². The summed E-state index contributed by atoms with van der Waals surface area (Å²) in [5.74, 6) is 0.379. The molecule has 0 radical (unpaired) electrons. The molecule has 0 saturated carbocycles. The van der Waals surface area contributed by atoms with Gasteiger partial charge in [0.05, 0.1) is 17.1 Å². The molecule has 0 aliphatic carbocycles. The first kappa shape index (κ1) is 19.4. The van der Waals surface area contributed by atoms with Crippen molar-refractivity contribution in [1.82, 2.24) is 9.62 Å². The summed E-state index contributed by atoms with van der Waals surface area (Å²) >= 11 is 0. The van der Waals surface area contributed by atoms with E-state index >= 15 is 0 Å². The third-order valence-electron chi connectivity index (χ3n) is 4.82. The van der Waals surface area contributed by atoms with Gasteiger partial charge in [-0.3, -0.25) is 10.1 Å². The van der Waals surface area contributed by atoms with Gasteiger partial charge < -0.3 is 4.74 Å². The van der Waals surface area contributed by atoms with Gasteiger partial charge in [-0.05, 0) is 42.5 Å². The first-order chi connectivity index (χ1) is 12.8. The number of rotatable bonds is 4. The minimum absolute atomic E-state index is 0.175. The Hall–Kier alpha value is -2.37. The number of sulfonamides is 1. The van der Waals surface area contributed by atoms with Crippen LogP contribution in [0.25, 0.3) is 0 Å². The number of hydrogen-bond acceptors (Lipinski definition) is 5. The minimum Gasteiger partial charge on any atom is -0.478 e. The molecule has 0 bridgehead atoms. The molecule has 1 aromatic rings. The fourth-order valence-corrected chi connectivity index (χ4v) is 5.26. The molecule has 0 unspecified atom stereocenters. The van der Waals surface area contributed by atoms with Crippen molar-refractivity contribution in [3.8, 4) is 6.07 Å². The zero-order valence-electron chi connectivity index (χ0n) is 15.4. The van der Waals surface area contributed by atoms with E-state index in [0.29, 0.717) is 49.1 Å². The number of amides is 1. The van der Waals surface area contributed by atoms with Crippen molar-refractivity contribution in [1.29, 1.82) is 5.26 Å². The second kappa shape index (κ2) is 7.71. The molecule has 3 rings (SSSR count). The van der Waals surface area contributed by atoms with E-state index in [9.17, 15) is 13.2 Å². The van der Waals surface area contributed by atoms with Crippen molar-refractivity contribution >= 4 is 15.9 Å². The Balaban J connectivity index is 1.75. The molecule has 1 aromatic carbocycles. The van der Waals surface area contributed by atoms with Gasteiger partial charge in [0.2, 0.25) is 15.9 Å². The van der Waals surface area contributed by atoms with Crippen LogP contribution in [0.1, 0.15) is 37.0 Å². The van der Waals surface area contributed by atoms with Crippen LogP contribution in [0.3, 0.4) is 0 Å². The van der Waals surface area contributed by atoms with Crippen LogP contribution < -0.4 is 5.32 Å². The predicted molar refractivity (Wildman–Crippen MR) is 98.8 cm³/mol. The highest BCUT2D eigenvalue weighted by Crippen LogP contribution is 2.27. The number of ether oxygens (including phenoxy) is 1. The molecular formula is C19H23N3O4S. The zero-order valence-corrected chi connectivity index (χ0v) is 16.3. The molecular weight excluding hydrogens is 366 g/mol. The number of carbonyl (C=O) groups is 1. The predicted octanol–water partition coefficient (Wildman–Crippen LogP) is 2.24. The maximum atomic E-state index is 12.9. The quantitative estimate of drug-likeness (QED) is 0.851.